The number of hydrogen-bond acceptors (Lipinski definition) is 6. The van der Waals surface area contributed by atoms with Crippen molar-refractivity contribution >= 4 is 22.8 Å². The zero-order valence-electron chi connectivity index (χ0n) is 21.6. The zero-order valence-corrected chi connectivity index (χ0v) is 21.6. The molecule has 1 aliphatic carbocycles. The Hall–Kier alpha value is -4.20. The highest BCUT2D eigenvalue weighted by Crippen LogP contribution is 2.44. The minimum Gasteiger partial charge on any atom is -0.512 e. The molecule has 2 aromatic heterocycles. The molecule has 0 saturated carbocycles. The summed E-state index contributed by atoms with van der Waals surface area (Å²) in [6, 6.07) is 15.3. The third-order valence-electron chi connectivity index (χ3n) is 7.15. The predicted octanol–water partition coefficient (Wildman–Crippen LogP) is 5.36. The number of aliphatic hydroxyl groups excluding tert-OH is 1. The van der Waals surface area contributed by atoms with Crippen molar-refractivity contribution in [1.82, 2.24) is 25.1 Å². The molecule has 8 nitrogen and oxygen atoms in total. The van der Waals surface area contributed by atoms with Crippen molar-refractivity contribution in [2.24, 2.45) is 11.3 Å². The van der Waals surface area contributed by atoms with Crippen LogP contribution in [-0.2, 0) is 6.54 Å². The van der Waals surface area contributed by atoms with E-state index in [4.69, 9.17) is 10.8 Å². The van der Waals surface area contributed by atoms with Crippen molar-refractivity contribution in [3.63, 3.8) is 0 Å². The first-order valence-electron chi connectivity index (χ1n) is 12.5. The van der Waals surface area contributed by atoms with Crippen molar-refractivity contribution < 1.29 is 9.90 Å². The van der Waals surface area contributed by atoms with E-state index in [-0.39, 0.29) is 23.3 Å². The van der Waals surface area contributed by atoms with Crippen LogP contribution in [0.2, 0.25) is 0 Å². The largest absolute Gasteiger partial charge is 0.512 e. The van der Waals surface area contributed by atoms with Crippen LogP contribution in [0.1, 0.15) is 54.7 Å². The molecule has 4 N–H and O–H groups in total. The van der Waals surface area contributed by atoms with E-state index in [0.717, 1.165) is 23.1 Å². The Kier molecular flexibility index (Phi) is 6.19. The van der Waals surface area contributed by atoms with Crippen molar-refractivity contribution in [3.8, 4) is 11.3 Å². The smallest absolute Gasteiger partial charge is 0.251 e. The van der Waals surface area contributed by atoms with Crippen molar-refractivity contribution in [3.05, 3.63) is 83.4 Å². The Bertz CT molecular complexity index is 1500. The van der Waals surface area contributed by atoms with Gasteiger partial charge in [0, 0.05) is 23.6 Å². The molecule has 0 fully saturated rings. The lowest BCUT2D eigenvalue weighted by Gasteiger charge is -2.27. The molecule has 4 aromatic rings. The Morgan fingerprint density at radius 2 is 1.86 bits per heavy atom. The highest BCUT2D eigenvalue weighted by Gasteiger charge is 2.37. The van der Waals surface area contributed by atoms with Crippen molar-refractivity contribution in [1.29, 1.82) is 0 Å². The summed E-state index contributed by atoms with van der Waals surface area (Å²) in [5.74, 6) is 0.688. The van der Waals surface area contributed by atoms with Gasteiger partial charge in [-0.25, -0.2) is 14.6 Å². The highest BCUT2D eigenvalue weighted by molar-refractivity contribution is 5.98. The van der Waals surface area contributed by atoms with Gasteiger partial charge in [-0.05, 0) is 42.0 Å². The summed E-state index contributed by atoms with van der Waals surface area (Å²) in [5.41, 5.74) is 11.0. The molecular formula is C29H32N6O2. The van der Waals surface area contributed by atoms with Gasteiger partial charge in [0.05, 0.1) is 17.2 Å². The second-order valence-electron chi connectivity index (χ2n) is 10.8. The molecule has 2 atom stereocenters. The van der Waals surface area contributed by atoms with E-state index in [1.807, 2.05) is 66.2 Å². The van der Waals surface area contributed by atoms with Gasteiger partial charge in [0.1, 0.15) is 17.8 Å². The summed E-state index contributed by atoms with van der Waals surface area (Å²) < 4.78 is 1.85. The van der Waals surface area contributed by atoms with Gasteiger partial charge in [-0.15, -0.1) is 0 Å². The number of nitrogens with one attached hydrogen (secondary N) is 1. The van der Waals surface area contributed by atoms with Crippen LogP contribution in [0.15, 0.2) is 66.7 Å². The maximum atomic E-state index is 12.6. The minimum atomic E-state index is -0.134. The third kappa shape index (κ3) is 4.67. The fourth-order valence-corrected chi connectivity index (χ4v) is 5.03. The Balaban J connectivity index is 1.41. The second-order valence-corrected chi connectivity index (χ2v) is 10.8. The van der Waals surface area contributed by atoms with Crippen molar-refractivity contribution in [2.45, 2.75) is 46.7 Å². The number of nitrogens with two attached hydrogens (primary N) is 1. The molecule has 0 bridgehead atoms. The van der Waals surface area contributed by atoms with E-state index in [1.54, 1.807) is 0 Å². The number of benzene rings is 2. The summed E-state index contributed by atoms with van der Waals surface area (Å²) in [6.07, 6.45) is 4.04. The summed E-state index contributed by atoms with van der Waals surface area (Å²) >= 11 is 0. The van der Waals surface area contributed by atoms with Crippen LogP contribution in [0.25, 0.3) is 22.3 Å². The highest BCUT2D eigenvalue weighted by atomic mass is 16.3. The third-order valence-corrected chi connectivity index (χ3v) is 7.15. The van der Waals surface area contributed by atoms with Crippen LogP contribution in [0.5, 0.6) is 0 Å². The van der Waals surface area contributed by atoms with E-state index in [1.165, 1.54) is 6.33 Å². The number of aromatic nitrogens is 4. The first-order chi connectivity index (χ1) is 17.6. The minimum absolute atomic E-state index is 0.0357. The average molecular weight is 497 g/mol. The van der Waals surface area contributed by atoms with Gasteiger partial charge in [0.25, 0.3) is 5.91 Å². The average Bonchev–Trinajstić information content (AvgIpc) is 3.45. The van der Waals surface area contributed by atoms with Crippen molar-refractivity contribution in [2.75, 3.05) is 5.73 Å². The molecule has 8 heteroatoms. The van der Waals surface area contributed by atoms with Crippen LogP contribution in [0, 0.1) is 18.3 Å². The van der Waals surface area contributed by atoms with E-state index in [9.17, 15) is 9.90 Å². The van der Waals surface area contributed by atoms with E-state index >= 15 is 0 Å². The SMILES string of the molecule is Cc1ccccc1C(=O)NCc1ccc(-c2nn(C3C=C(O)C(C(C)(C)C)C3)c3ncnc(N)c23)cc1. The van der Waals surface area contributed by atoms with Crippen LogP contribution in [-0.4, -0.2) is 30.8 Å². The maximum Gasteiger partial charge on any atom is 0.251 e. The summed E-state index contributed by atoms with van der Waals surface area (Å²) in [7, 11) is 0. The molecule has 0 spiro atoms. The summed E-state index contributed by atoms with van der Waals surface area (Å²) in [4.78, 5) is 21.3. The lowest BCUT2D eigenvalue weighted by atomic mass is 9.79. The number of anilines is 1. The van der Waals surface area contributed by atoms with Crippen LogP contribution >= 0.6 is 0 Å². The number of amides is 1. The first-order valence-corrected chi connectivity index (χ1v) is 12.5. The number of hydrogen-bond donors (Lipinski definition) is 3. The fourth-order valence-electron chi connectivity index (χ4n) is 5.03. The number of nitrogens with zero attached hydrogens (tertiary/aromatic N) is 4. The van der Waals surface area contributed by atoms with Crippen LogP contribution < -0.4 is 11.1 Å². The fraction of sp³-hybridized carbons (Fsp3) is 0.310. The van der Waals surface area contributed by atoms with Gasteiger partial charge < -0.3 is 16.2 Å². The molecule has 5 rings (SSSR count). The number of nitrogen functional groups attached to an aromatic ring is 1. The number of aryl methyl sites for hydroxylation is 1. The van der Waals surface area contributed by atoms with E-state index in [0.29, 0.717) is 40.4 Å². The Morgan fingerprint density at radius 1 is 1.14 bits per heavy atom. The monoisotopic (exact) mass is 496 g/mol. The Labute approximate surface area is 216 Å². The lowest BCUT2D eigenvalue weighted by molar-refractivity contribution is 0.0950. The molecule has 190 valence electrons. The predicted molar refractivity (Wildman–Crippen MR) is 145 cm³/mol. The van der Waals surface area contributed by atoms with Gasteiger partial charge in [0.15, 0.2) is 5.65 Å². The molecule has 0 aliphatic heterocycles. The van der Waals surface area contributed by atoms with E-state index in [2.05, 4.69) is 36.1 Å². The number of aliphatic hydroxyl groups is 1. The van der Waals surface area contributed by atoms with Crippen LogP contribution in [0.3, 0.4) is 0 Å². The number of allylic oxidation sites excluding steroid dienone is 2. The summed E-state index contributed by atoms with van der Waals surface area (Å²) in [5, 5.41) is 19.2. The number of carbonyl (C=O) groups excluding carboxylic acids is 1. The number of rotatable bonds is 5. The number of fused-ring (bicyclic) bond motifs is 1. The first kappa shape index (κ1) is 24.5. The molecule has 37 heavy (non-hydrogen) atoms. The van der Waals surface area contributed by atoms with Gasteiger partial charge in [0.2, 0.25) is 0 Å². The molecule has 2 heterocycles. The molecule has 1 aliphatic rings. The lowest BCUT2D eigenvalue weighted by Crippen LogP contribution is -2.23. The van der Waals surface area contributed by atoms with Gasteiger partial charge in [-0.2, -0.15) is 5.10 Å². The van der Waals surface area contributed by atoms with E-state index < -0.39 is 0 Å². The van der Waals surface area contributed by atoms with Gasteiger partial charge >= 0.3 is 0 Å². The van der Waals surface area contributed by atoms with Gasteiger partial charge in [-0.3, -0.25) is 4.79 Å². The molecule has 1 amide bonds. The topological polar surface area (TPSA) is 119 Å². The number of carbonyl (C=O) groups is 1. The molecule has 2 unspecified atom stereocenters. The quantitative estimate of drug-likeness (QED) is 0.342. The normalized spacial score (nSPS) is 17.7. The standard InChI is InChI=1S/C29H32N6O2/c1-17-7-5-6-8-21(17)28(37)31-15-18-9-11-19(12-10-18)25-24-26(30)32-16-33-27(24)35(34-25)20-13-22(23(36)14-20)29(2,3)4/h5-12,14,16,20,22,36H,13,15H2,1-4H3,(H,31,37)(H2,30,32,33). The molecule has 0 radical (unpaired) electrons. The zero-order chi connectivity index (χ0) is 26.3. The molecule has 0 saturated heterocycles. The Morgan fingerprint density at radius 3 is 2.54 bits per heavy atom. The molecular weight excluding hydrogens is 464 g/mol. The van der Waals surface area contributed by atoms with Gasteiger partial charge in [-0.1, -0.05) is 63.2 Å². The second kappa shape index (κ2) is 9.35. The maximum absolute atomic E-state index is 12.6. The van der Waals surface area contributed by atoms with Crippen LogP contribution in [0.4, 0.5) is 5.82 Å². The summed E-state index contributed by atoms with van der Waals surface area (Å²) in [6.45, 7) is 8.72. The molecule has 2 aromatic carbocycles.